The molecule has 90 valence electrons. The van der Waals surface area contributed by atoms with Crippen LogP contribution in [0, 0.1) is 0 Å². The SMILES string of the molecule is NC(=O)NC(=O)COc1ccc(C(=O)O)nc1. The van der Waals surface area contributed by atoms with Gasteiger partial charge in [-0.3, -0.25) is 10.1 Å². The van der Waals surface area contributed by atoms with Crippen LogP contribution in [0.25, 0.3) is 0 Å². The van der Waals surface area contributed by atoms with Gasteiger partial charge in [0.05, 0.1) is 6.20 Å². The Hall–Kier alpha value is -2.64. The third-order valence-corrected chi connectivity index (χ3v) is 1.59. The molecule has 17 heavy (non-hydrogen) atoms. The number of carboxylic acids is 1. The van der Waals surface area contributed by atoms with Crippen molar-refractivity contribution in [2.24, 2.45) is 5.73 Å². The summed E-state index contributed by atoms with van der Waals surface area (Å²) in [4.78, 5) is 35.3. The molecule has 0 saturated carbocycles. The van der Waals surface area contributed by atoms with E-state index in [1.54, 1.807) is 5.32 Å². The molecule has 0 aliphatic rings. The number of rotatable bonds is 4. The highest BCUT2D eigenvalue weighted by atomic mass is 16.5. The molecule has 8 nitrogen and oxygen atoms in total. The van der Waals surface area contributed by atoms with Crippen molar-refractivity contribution in [3.8, 4) is 5.75 Å². The van der Waals surface area contributed by atoms with E-state index in [9.17, 15) is 14.4 Å². The molecule has 0 bridgehead atoms. The number of hydrogen-bond acceptors (Lipinski definition) is 5. The number of aromatic nitrogens is 1. The molecule has 1 aromatic heterocycles. The first-order valence-electron chi connectivity index (χ1n) is 4.40. The summed E-state index contributed by atoms with van der Waals surface area (Å²) in [7, 11) is 0. The zero-order valence-corrected chi connectivity index (χ0v) is 8.54. The molecule has 1 aromatic rings. The quantitative estimate of drug-likeness (QED) is 0.639. The van der Waals surface area contributed by atoms with Crippen molar-refractivity contribution in [1.29, 1.82) is 0 Å². The van der Waals surface area contributed by atoms with Gasteiger partial charge in [-0.1, -0.05) is 0 Å². The van der Waals surface area contributed by atoms with Gasteiger partial charge >= 0.3 is 12.0 Å². The van der Waals surface area contributed by atoms with Crippen molar-refractivity contribution in [2.45, 2.75) is 0 Å². The van der Waals surface area contributed by atoms with Crippen LogP contribution in [0.5, 0.6) is 5.75 Å². The lowest BCUT2D eigenvalue weighted by molar-refractivity contribution is -0.121. The van der Waals surface area contributed by atoms with Crippen LogP contribution in [0.2, 0.25) is 0 Å². The summed E-state index contributed by atoms with van der Waals surface area (Å²) in [5.41, 5.74) is 4.57. The maximum absolute atomic E-state index is 11.0. The minimum absolute atomic E-state index is 0.140. The summed E-state index contributed by atoms with van der Waals surface area (Å²) >= 11 is 0. The number of carbonyl (C=O) groups is 3. The second kappa shape index (κ2) is 5.45. The van der Waals surface area contributed by atoms with E-state index in [1.807, 2.05) is 0 Å². The molecule has 0 atom stereocenters. The van der Waals surface area contributed by atoms with Gasteiger partial charge in [0.25, 0.3) is 5.91 Å². The Bertz CT molecular complexity index is 442. The number of nitrogens with zero attached hydrogens (tertiary/aromatic N) is 1. The molecule has 0 fully saturated rings. The van der Waals surface area contributed by atoms with E-state index in [2.05, 4.69) is 4.98 Å². The van der Waals surface area contributed by atoms with Gasteiger partial charge in [0, 0.05) is 0 Å². The number of amides is 3. The van der Waals surface area contributed by atoms with Crippen molar-refractivity contribution in [3.63, 3.8) is 0 Å². The summed E-state index contributed by atoms with van der Waals surface area (Å²) < 4.78 is 4.93. The largest absolute Gasteiger partial charge is 0.482 e. The highest BCUT2D eigenvalue weighted by Gasteiger charge is 2.07. The number of imide groups is 1. The average molecular weight is 239 g/mol. The number of carbonyl (C=O) groups excluding carboxylic acids is 2. The molecule has 0 unspecified atom stereocenters. The number of aromatic carboxylic acids is 1. The van der Waals surface area contributed by atoms with Crippen LogP contribution in [-0.4, -0.2) is 34.6 Å². The van der Waals surface area contributed by atoms with Crippen molar-refractivity contribution in [2.75, 3.05) is 6.61 Å². The third-order valence-electron chi connectivity index (χ3n) is 1.59. The highest BCUT2D eigenvalue weighted by molar-refractivity contribution is 5.94. The fraction of sp³-hybridized carbons (Fsp3) is 0.111. The van der Waals surface area contributed by atoms with Crippen molar-refractivity contribution >= 4 is 17.9 Å². The van der Waals surface area contributed by atoms with Crippen LogP contribution < -0.4 is 15.8 Å². The molecule has 0 aliphatic carbocycles. The van der Waals surface area contributed by atoms with Crippen LogP contribution in [0.4, 0.5) is 4.79 Å². The van der Waals surface area contributed by atoms with Crippen LogP contribution in [0.15, 0.2) is 18.3 Å². The summed E-state index contributed by atoms with van der Waals surface area (Å²) in [5, 5.41) is 10.4. The van der Waals surface area contributed by atoms with Crippen LogP contribution in [-0.2, 0) is 4.79 Å². The first-order chi connectivity index (χ1) is 7.99. The number of nitrogens with one attached hydrogen (secondary N) is 1. The monoisotopic (exact) mass is 239 g/mol. The Morgan fingerprint density at radius 2 is 2.12 bits per heavy atom. The molecule has 4 N–H and O–H groups in total. The average Bonchev–Trinajstić information content (AvgIpc) is 2.26. The molecule has 0 radical (unpaired) electrons. The van der Waals surface area contributed by atoms with Gasteiger partial charge in [-0.05, 0) is 12.1 Å². The van der Waals surface area contributed by atoms with Gasteiger partial charge in [-0.2, -0.15) is 0 Å². The number of nitrogens with two attached hydrogens (primary N) is 1. The van der Waals surface area contributed by atoms with Crippen molar-refractivity contribution in [1.82, 2.24) is 10.3 Å². The molecular formula is C9H9N3O5. The number of carboxylic acid groups (broad SMARTS) is 1. The molecule has 0 spiro atoms. The van der Waals surface area contributed by atoms with Crippen LogP contribution >= 0.6 is 0 Å². The lowest BCUT2D eigenvalue weighted by atomic mass is 10.3. The number of pyridine rings is 1. The normalized spacial score (nSPS) is 9.41. The first kappa shape index (κ1) is 12.4. The Kier molecular flexibility index (Phi) is 3.98. The van der Waals surface area contributed by atoms with E-state index in [0.29, 0.717) is 0 Å². The molecule has 0 aliphatic heterocycles. The summed E-state index contributed by atoms with van der Waals surface area (Å²) in [6, 6.07) is 1.59. The van der Waals surface area contributed by atoms with Gasteiger partial charge in [0.15, 0.2) is 6.61 Å². The topological polar surface area (TPSA) is 132 Å². The van der Waals surface area contributed by atoms with Gasteiger partial charge in [0.1, 0.15) is 11.4 Å². The molecule has 1 heterocycles. The lowest BCUT2D eigenvalue weighted by Crippen LogP contribution is -2.38. The van der Waals surface area contributed by atoms with Gasteiger partial charge in [0.2, 0.25) is 0 Å². The zero-order valence-electron chi connectivity index (χ0n) is 8.54. The van der Waals surface area contributed by atoms with E-state index in [4.69, 9.17) is 15.6 Å². The predicted molar refractivity (Wildman–Crippen MR) is 54.4 cm³/mol. The first-order valence-corrected chi connectivity index (χ1v) is 4.40. The Morgan fingerprint density at radius 3 is 2.59 bits per heavy atom. The standard InChI is InChI=1S/C9H9N3O5/c10-9(16)12-7(13)4-17-5-1-2-6(8(14)15)11-3-5/h1-3H,4H2,(H,14,15)(H3,10,12,13,16). The van der Waals surface area contributed by atoms with Gasteiger partial charge in [-0.25, -0.2) is 14.6 Å². The fourth-order valence-corrected chi connectivity index (χ4v) is 0.915. The minimum atomic E-state index is -1.16. The summed E-state index contributed by atoms with van der Waals surface area (Å²) in [6.07, 6.45) is 1.15. The van der Waals surface area contributed by atoms with E-state index < -0.39 is 24.5 Å². The van der Waals surface area contributed by atoms with Gasteiger partial charge in [-0.15, -0.1) is 0 Å². The van der Waals surface area contributed by atoms with Crippen LogP contribution in [0.1, 0.15) is 10.5 Å². The molecule has 8 heteroatoms. The summed E-state index contributed by atoms with van der Waals surface area (Å²) in [5.74, 6) is -1.67. The molecule has 0 saturated heterocycles. The molecule has 3 amide bonds. The number of urea groups is 1. The second-order valence-corrected chi connectivity index (χ2v) is 2.89. The zero-order chi connectivity index (χ0) is 12.8. The maximum Gasteiger partial charge on any atom is 0.354 e. The van der Waals surface area contributed by atoms with E-state index >= 15 is 0 Å². The lowest BCUT2D eigenvalue weighted by Gasteiger charge is -2.04. The number of primary amides is 1. The van der Waals surface area contributed by atoms with E-state index in [0.717, 1.165) is 6.20 Å². The smallest absolute Gasteiger partial charge is 0.354 e. The maximum atomic E-state index is 11.0. The van der Waals surface area contributed by atoms with Crippen molar-refractivity contribution in [3.05, 3.63) is 24.0 Å². The minimum Gasteiger partial charge on any atom is -0.482 e. The predicted octanol–water partition coefficient (Wildman–Crippen LogP) is -0.646. The van der Waals surface area contributed by atoms with E-state index in [-0.39, 0.29) is 11.4 Å². The Labute approximate surface area is 95.4 Å². The highest BCUT2D eigenvalue weighted by Crippen LogP contribution is 2.08. The third kappa shape index (κ3) is 4.16. The Balaban J connectivity index is 2.50. The van der Waals surface area contributed by atoms with Gasteiger partial charge < -0.3 is 15.6 Å². The number of hydrogen-bond donors (Lipinski definition) is 3. The Morgan fingerprint density at radius 1 is 1.41 bits per heavy atom. The molecule has 1 rings (SSSR count). The second-order valence-electron chi connectivity index (χ2n) is 2.89. The molecular weight excluding hydrogens is 230 g/mol. The van der Waals surface area contributed by atoms with E-state index in [1.165, 1.54) is 12.1 Å². The van der Waals surface area contributed by atoms with Crippen LogP contribution in [0.3, 0.4) is 0 Å². The summed E-state index contributed by atoms with van der Waals surface area (Å²) in [6.45, 7) is -0.420. The van der Waals surface area contributed by atoms with Crippen molar-refractivity contribution < 1.29 is 24.2 Å². The number of ether oxygens (including phenoxy) is 1. The molecule has 0 aromatic carbocycles. The fourth-order valence-electron chi connectivity index (χ4n) is 0.915.